The molecule has 5 aliphatic carbocycles. The summed E-state index contributed by atoms with van der Waals surface area (Å²) in [6.45, 7) is 17.4. The zero-order valence-corrected chi connectivity index (χ0v) is 44.4. The van der Waals surface area contributed by atoms with Crippen molar-refractivity contribution < 1.29 is 97.9 Å². The van der Waals surface area contributed by atoms with Crippen molar-refractivity contribution in [1.82, 2.24) is 0 Å². The van der Waals surface area contributed by atoms with Gasteiger partial charge >= 0.3 is 23.9 Å². The van der Waals surface area contributed by atoms with Crippen LogP contribution < -0.4 is 0 Å². The first-order valence-corrected chi connectivity index (χ1v) is 25.9. The van der Waals surface area contributed by atoms with Gasteiger partial charge in [0.1, 0.15) is 42.7 Å². The molecule has 0 radical (unpaired) electrons. The first kappa shape index (κ1) is 57.6. The smallest absolute Gasteiger partial charge is 0.337 e. The maximum atomic E-state index is 14.5. The summed E-state index contributed by atoms with van der Waals surface area (Å²) in [5.41, 5.74) is -5.54. The number of carbonyl (C=O) groups excluding carboxylic acids is 4. The molecule has 2 aliphatic heterocycles. The lowest BCUT2D eigenvalue weighted by atomic mass is 9.32. The van der Waals surface area contributed by atoms with Crippen LogP contribution in [0.5, 0.6) is 0 Å². The zero-order chi connectivity index (χ0) is 54.3. The fourth-order valence-electron chi connectivity index (χ4n) is 15.0. The fraction of sp³-hybridized carbons (Fsp3) is 0.849. The lowest BCUT2D eigenvalue weighted by Gasteiger charge is -2.73. The second-order valence-electron chi connectivity index (χ2n) is 23.8. The third kappa shape index (κ3) is 8.73. The largest absolute Gasteiger partial charge is 0.469 e. The molecule has 2 saturated heterocycles. The molecule has 73 heavy (non-hydrogen) atoms. The number of fused-ring (bicyclic) bond motifs is 7. The Labute approximate surface area is 427 Å². The number of aliphatic hydroxyl groups excluding tert-OH is 8. The van der Waals surface area contributed by atoms with Crippen LogP contribution >= 0.6 is 0 Å². The van der Waals surface area contributed by atoms with E-state index in [1.54, 1.807) is 33.8 Å². The van der Waals surface area contributed by atoms with Crippen LogP contribution in [-0.2, 0) is 57.1 Å². The number of carbonyl (C=O) groups is 4. The Morgan fingerprint density at radius 3 is 2.10 bits per heavy atom. The summed E-state index contributed by atoms with van der Waals surface area (Å²) in [7, 11) is 2.33. The van der Waals surface area contributed by atoms with Crippen molar-refractivity contribution in [3.8, 4) is 0 Å². The lowest BCUT2D eigenvalue weighted by molar-refractivity contribution is -0.357. The Hall–Kier alpha value is -3.12. The minimum atomic E-state index is -1.90. The van der Waals surface area contributed by atoms with Gasteiger partial charge in [-0.1, -0.05) is 66.2 Å². The molecule has 2 heterocycles. The highest BCUT2D eigenvalue weighted by Crippen LogP contribution is 2.76. The number of methoxy groups -OCH3 is 2. The van der Waals surface area contributed by atoms with Gasteiger partial charge in [-0.25, -0.2) is 9.59 Å². The highest BCUT2D eigenvalue weighted by Gasteiger charge is 2.77. The molecule has 8 N–H and O–H groups in total. The standard InChI is InChI=1S/C53H82O20/c1-13-24(3)42(62)72-40-41(73-43(63)25(4)14-2)53(23-54)27(21-48(40,5)6)26-15-16-29-49(7)19-18-31(51(9,47(65)67-12)30(49)17-20-50(29,8)52(26,10)38(60)39(53)61)69-46-35(59)36(34(58)37(71-46)44(64)66-11)70-45-33(57)32(56)28(55)22-68-45/h13,15,25,27-41,45-46,54-61H,14,16-23H2,1-12H3/b24-13-/t25-,27-,28-,29+,30-,31-,32-,33+,34-,35+,36-,37-,38-,39+,40-,41-,45-,46+,49+,50+,51-,52-,53-/m0/s1. The van der Waals surface area contributed by atoms with Gasteiger partial charge < -0.3 is 78.7 Å². The Balaban J connectivity index is 1.25. The number of ether oxygens (including phenoxy) is 8. The molecule has 0 aromatic carbocycles. The van der Waals surface area contributed by atoms with Crippen LogP contribution in [0.3, 0.4) is 0 Å². The molecule has 20 heteroatoms. The molecule has 0 bridgehead atoms. The quantitative estimate of drug-likeness (QED) is 0.0454. The molecule has 414 valence electrons. The van der Waals surface area contributed by atoms with Gasteiger partial charge in [0.25, 0.3) is 0 Å². The van der Waals surface area contributed by atoms with Crippen LogP contribution in [0.1, 0.15) is 114 Å². The number of rotatable bonds is 12. The normalized spacial score (nSPS) is 47.8. The Bertz CT molecular complexity index is 2150. The van der Waals surface area contributed by atoms with Crippen LogP contribution in [0.25, 0.3) is 0 Å². The monoisotopic (exact) mass is 1040 g/mol. The van der Waals surface area contributed by atoms with Crippen LogP contribution in [0.4, 0.5) is 0 Å². The average molecular weight is 1040 g/mol. The van der Waals surface area contributed by atoms with Gasteiger partial charge in [-0.3, -0.25) is 9.59 Å². The van der Waals surface area contributed by atoms with Gasteiger partial charge in [0.05, 0.1) is 62.5 Å². The van der Waals surface area contributed by atoms with E-state index in [2.05, 4.69) is 19.9 Å². The van der Waals surface area contributed by atoms with Crippen molar-refractivity contribution in [2.75, 3.05) is 27.4 Å². The molecular formula is C53H82O20. The van der Waals surface area contributed by atoms with Crippen LogP contribution in [0.2, 0.25) is 0 Å². The highest BCUT2D eigenvalue weighted by atomic mass is 16.7. The molecule has 7 aliphatic rings. The molecule has 6 fully saturated rings. The van der Waals surface area contributed by atoms with Crippen molar-refractivity contribution in [3.63, 3.8) is 0 Å². The van der Waals surface area contributed by atoms with E-state index in [-0.39, 0.29) is 18.8 Å². The minimum absolute atomic E-state index is 0.183. The van der Waals surface area contributed by atoms with E-state index in [9.17, 15) is 60.0 Å². The summed E-state index contributed by atoms with van der Waals surface area (Å²) in [6, 6.07) is 0. The zero-order valence-electron chi connectivity index (χ0n) is 44.4. The molecule has 0 amide bonds. The van der Waals surface area contributed by atoms with Gasteiger partial charge in [0.2, 0.25) is 0 Å². The van der Waals surface area contributed by atoms with E-state index in [1.165, 1.54) is 7.11 Å². The highest BCUT2D eigenvalue weighted by molar-refractivity contribution is 5.88. The average Bonchev–Trinajstić information content (AvgIpc) is 3.36. The first-order chi connectivity index (χ1) is 34.1. The number of hydrogen-bond donors (Lipinski definition) is 8. The minimum Gasteiger partial charge on any atom is -0.469 e. The van der Waals surface area contributed by atoms with E-state index in [1.807, 2.05) is 27.7 Å². The molecule has 0 aromatic rings. The summed E-state index contributed by atoms with van der Waals surface area (Å²) in [6.07, 6.45) is -16.1. The molecule has 23 atom stereocenters. The SMILES string of the molecule is C/C=C(/C)C(=O)O[C@H]1[C@H](OC(=O)[C@@H](C)CC)[C@]2(CO)[C@H](O)[C@H](O)[C@]3(C)C(=CC[C@@H]4[C@@]5(C)CC[C@H](O[C@@H]6O[C@H](C(=O)OC)[C@@H](O)[C@H](O[C@@H]7OC[C@H](O)[C@H](O)[C@H]7O)[C@H]6O)[C@@](C)(C(=O)OC)[C@H]5CC[C@]43C)[C@@H]2CC1(C)C. The molecule has 0 unspecified atom stereocenters. The van der Waals surface area contributed by atoms with Gasteiger partial charge in [0.15, 0.2) is 24.8 Å². The van der Waals surface area contributed by atoms with Crippen molar-refractivity contribution in [1.29, 1.82) is 0 Å². The van der Waals surface area contributed by atoms with Crippen molar-refractivity contribution in [2.24, 2.45) is 56.2 Å². The maximum Gasteiger partial charge on any atom is 0.337 e. The lowest BCUT2D eigenvalue weighted by Crippen LogP contribution is -2.76. The Morgan fingerprint density at radius 2 is 1.49 bits per heavy atom. The topological polar surface area (TPSA) is 304 Å². The predicted molar refractivity (Wildman–Crippen MR) is 255 cm³/mol. The van der Waals surface area contributed by atoms with Gasteiger partial charge in [-0.2, -0.15) is 0 Å². The molecule has 7 rings (SSSR count). The van der Waals surface area contributed by atoms with E-state index >= 15 is 0 Å². The summed E-state index contributed by atoms with van der Waals surface area (Å²) in [5.74, 6) is -4.85. The third-order valence-corrected chi connectivity index (χ3v) is 19.9. The second kappa shape index (κ2) is 20.7. The number of allylic oxidation sites excluding steroid dienone is 2. The first-order valence-electron chi connectivity index (χ1n) is 25.9. The van der Waals surface area contributed by atoms with Crippen molar-refractivity contribution >= 4 is 23.9 Å². The summed E-state index contributed by atoms with van der Waals surface area (Å²) in [5, 5.41) is 91.9. The van der Waals surface area contributed by atoms with Crippen LogP contribution in [0, 0.1) is 56.2 Å². The van der Waals surface area contributed by atoms with E-state index in [0.29, 0.717) is 37.7 Å². The summed E-state index contributed by atoms with van der Waals surface area (Å²) in [4.78, 5) is 55.0. The fourth-order valence-corrected chi connectivity index (χ4v) is 15.0. The molecule has 0 spiro atoms. The molecule has 4 saturated carbocycles. The number of esters is 4. The van der Waals surface area contributed by atoms with Gasteiger partial charge in [-0.05, 0) is 94.3 Å². The van der Waals surface area contributed by atoms with Crippen LogP contribution in [0.15, 0.2) is 23.3 Å². The Kier molecular flexibility index (Phi) is 16.3. The Morgan fingerprint density at radius 1 is 0.822 bits per heavy atom. The summed E-state index contributed by atoms with van der Waals surface area (Å²) >= 11 is 0. The van der Waals surface area contributed by atoms with E-state index in [4.69, 9.17) is 37.9 Å². The second-order valence-corrected chi connectivity index (χ2v) is 23.8. The van der Waals surface area contributed by atoms with Gasteiger partial charge in [0, 0.05) is 16.4 Å². The third-order valence-electron chi connectivity index (χ3n) is 19.9. The van der Waals surface area contributed by atoms with E-state index in [0.717, 1.165) is 12.7 Å². The number of aliphatic hydroxyl groups is 8. The van der Waals surface area contributed by atoms with Gasteiger partial charge in [-0.15, -0.1) is 0 Å². The molecule has 0 aromatic heterocycles. The summed E-state index contributed by atoms with van der Waals surface area (Å²) < 4.78 is 46.8. The van der Waals surface area contributed by atoms with Crippen LogP contribution in [-0.4, -0.2) is 178 Å². The van der Waals surface area contributed by atoms with Crippen molar-refractivity contribution in [3.05, 3.63) is 23.3 Å². The molecule has 20 nitrogen and oxygen atoms in total. The van der Waals surface area contributed by atoms with Crippen molar-refractivity contribution in [2.45, 2.75) is 200 Å². The predicted octanol–water partition coefficient (Wildman–Crippen LogP) is 1.76. The molecular weight excluding hydrogens is 957 g/mol. The number of hydrogen-bond acceptors (Lipinski definition) is 20. The van der Waals surface area contributed by atoms with E-state index < -0.39 is 173 Å². The maximum absolute atomic E-state index is 14.5.